The average Bonchev–Trinajstić information content (AvgIpc) is 3.13. The van der Waals surface area contributed by atoms with Crippen LogP contribution in [0.2, 0.25) is 0 Å². The van der Waals surface area contributed by atoms with Crippen LogP contribution in [0.25, 0.3) is 4.96 Å². The Labute approximate surface area is 144 Å². The largest absolute Gasteiger partial charge is 0.335 e. The fourth-order valence-electron chi connectivity index (χ4n) is 2.76. The Kier molecular flexibility index (Phi) is 4.29. The molecule has 122 valence electrons. The fraction of sp³-hybridized carbons (Fsp3) is 0.412. The summed E-state index contributed by atoms with van der Waals surface area (Å²) in [7, 11) is 1.86. The molecule has 6 heteroatoms. The molecule has 0 saturated heterocycles. The molecular weight excluding hydrogens is 326 g/mol. The van der Waals surface area contributed by atoms with Gasteiger partial charge in [-0.05, 0) is 38.8 Å². The van der Waals surface area contributed by atoms with Crippen molar-refractivity contribution < 1.29 is 4.79 Å². The second-order valence-corrected chi connectivity index (χ2v) is 8.22. The van der Waals surface area contributed by atoms with Gasteiger partial charge in [0.1, 0.15) is 0 Å². The molecule has 3 aromatic heterocycles. The van der Waals surface area contributed by atoms with Crippen molar-refractivity contribution in [3.8, 4) is 0 Å². The van der Waals surface area contributed by atoms with Crippen LogP contribution >= 0.6 is 22.7 Å². The zero-order chi connectivity index (χ0) is 16.7. The van der Waals surface area contributed by atoms with Crippen LogP contribution in [-0.2, 0) is 13.0 Å². The second kappa shape index (κ2) is 6.09. The molecule has 0 saturated carbocycles. The Morgan fingerprint density at radius 2 is 2.04 bits per heavy atom. The van der Waals surface area contributed by atoms with Crippen molar-refractivity contribution in [2.75, 3.05) is 7.05 Å². The van der Waals surface area contributed by atoms with Gasteiger partial charge in [-0.15, -0.1) is 22.7 Å². The van der Waals surface area contributed by atoms with Crippen LogP contribution < -0.4 is 0 Å². The monoisotopic (exact) mass is 347 g/mol. The number of thiophene rings is 1. The lowest BCUT2D eigenvalue weighted by Crippen LogP contribution is -2.26. The molecule has 0 bridgehead atoms. The lowest BCUT2D eigenvalue weighted by atomic mass is 10.2. The number of nitrogens with zero attached hydrogens (tertiary/aromatic N) is 3. The predicted octanol–water partition coefficient (Wildman–Crippen LogP) is 4.22. The molecule has 0 atom stereocenters. The van der Waals surface area contributed by atoms with Gasteiger partial charge in [0, 0.05) is 23.0 Å². The smallest absolute Gasteiger partial charge is 0.264 e. The van der Waals surface area contributed by atoms with Crippen LogP contribution in [0.5, 0.6) is 0 Å². The minimum absolute atomic E-state index is 0.0825. The molecule has 0 aliphatic rings. The number of imidazole rings is 1. The van der Waals surface area contributed by atoms with E-state index in [1.165, 1.54) is 15.3 Å². The van der Waals surface area contributed by atoms with Crippen LogP contribution in [0, 0.1) is 20.8 Å². The Hall–Kier alpha value is -1.66. The molecule has 0 radical (unpaired) electrons. The van der Waals surface area contributed by atoms with Gasteiger partial charge < -0.3 is 4.90 Å². The molecule has 0 unspecified atom stereocenters. The van der Waals surface area contributed by atoms with Gasteiger partial charge in [-0.25, -0.2) is 4.98 Å². The standard InChI is InChI=1S/C17H21N3OS2/c1-6-14-10(2)7-15(23-14)16(21)19(5)9-13-12(4)18-17-20(13)8-11(3)22-17/h7-8H,6,9H2,1-5H3. The Morgan fingerprint density at radius 1 is 1.30 bits per heavy atom. The molecule has 0 spiro atoms. The van der Waals surface area contributed by atoms with E-state index in [2.05, 4.69) is 36.4 Å². The van der Waals surface area contributed by atoms with Gasteiger partial charge >= 0.3 is 0 Å². The number of rotatable bonds is 4. The molecule has 0 aliphatic carbocycles. The van der Waals surface area contributed by atoms with Gasteiger partial charge in [0.05, 0.1) is 22.8 Å². The van der Waals surface area contributed by atoms with Gasteiger partial charge in [0.15, 0.2) is 4.96 Å². The van der Waals surface area contributed by atoms with Crippen LogP contribution in [-0.4, -0.2) is 27.2 Å². The highest BCUT2D eigenvalue weighted by Gasteiger charge is 2.19. The number of amides is 1. The Morgan fingerprint density at radius 3 is 2.70 bits per heavy atom. The van der Waals surface area contributed by atoms with E-state index in [0.717, 1.165) is 27.6 Å². The third-order valence-corrected chi connectivity index (χ3v) is 6.29. The van der Waals surface area contributed by atoms with E-state index >= 15 is 0 Å². The van der Waals surface area contributed by atoms with E-state index in [9.17, 15) is 4.79 Å². The first kappa shape index (κ1) is 16.2. The van der Waals surface area contributed by atoms with Crippen molar-refractivity contribution in [3.63, 3.8) is 0 Å². The summed E-state index contributed by atoms with van der Waals surface area (Å²) in [4.78, 5) is 23.4. The SMILES string of the molecule is CCc1sc(C(=O)N(C)Cc2c(C)nc3sc(C)cn23)cc1C. The van der Waals surface area contributed by atoms with E-state index in [4.69, 9.17) is 0 Å². The number of carbonyl (C=O) groups excluding carboxylic acids is 1. The third kappa shape index (κ3) is 2.93. The van der Waals surface area contributed by atoms with Gasteiger partial charge in [0.2, 0.25) is 0 Å². The quantitative estimate of drug-likeness (QED) is 0.709. The van der Waals surface area contributed by atoms with E-state index in [1.807, 2.05) is 20.0 Å². The molecule has 3 rings (SSSR count). The van der Waals surface area contributed by atoms with Gasteiger partial charge in [-0.1, -0.05) is 6.92 Å². The zero-order valence-corrected chi connectivity index (χ0v) is 15.8. The number of hydrogen-bond donors (Lipinski definition) is 0. The van der Waals surface area contributed by atoms with Crippen LogP contribution in [0.1, 0.15) is 43.3 Å². The Bertz CT molecular complexity index is 872. The molecule has 0 N–H and O–H groups in total. The van der Waals surface area contributed by atoms with Crippen molar-refractivity contribution in [3.05, 3.63) is 43.8 Å². The average molecular weight is 348 g/mol. The number of thiazole rings is 1. The highest BCUT2D eigenvalue weighted by molar-refractivity contribution is 7.17. The van der Waals surface area contributed by atoms with Crippen molar-refractivity contribution in [2.45, 2.75) is 40.7 Å². The summed E-state index contributed by atoms with van der Waals surface area (Å²) in [6, 6.07) is 2.01. The number of hydrogen-bond acceptors (Lipinski definition) is 4. The summed E-state index contributed by atoms with van der Waals surface area (Å²) in [6.45, 7) is 8.86. The lowest BCUT2D eigenvalue weighted by Gasteiger charge is -2.16. The summed E-state index contributed by atoms with van der Waals surface area (Å²) in [5.41, 5.74) is 3.29. The molecule has 0 aliphatic heterocycles. The maximum Gasteiger partial charge on any atom is 0.264 e. The maximum absolute atomic E-state index is 12.7. The third-order valence-electron chi connectivity index (χ3n) is 4.03. The molecule has 3 aromatic rings. The van der Waals surface area contributed by atoms with Gasteiger partial charge in [0.25, 0.3) is 5.91 Å². The molecule has 0 aromatic carbocycles. The van der Waals surface area contributed by atoms with Crippen molar-refractivity contribution in [2.24, 2.45) is 0 Å². The summed E-state index contributed by atoms with van der Waals surface area (Å²) in [6.07, 6.45) is 3.07. The first-order valence-corrected chi connectivity index (χ1v) is 9.32. The van der Waals surface area contributed by atoms with Crippen LogP contribution in [0.4, 0.5) is 0 Å². The summed E-state index contributed by atoms with van der Waals surface area (Å²) >= 11 is 3.29. The minimum atomic E-state index is 0.0825. The molecule has 1 amide bonds. The summed E-state index contributed by atoms with van der Waals surface area (Å²) in [5.74, 6) is 0.0825. The minimum Gasteiger partial charge on any atom is -0.335 e. The molecule has 4 nitrogen and oxygen atoms in total. The molecule has 0 fully saturated rings. The highest BCUT2D eigenvalue weighted by Crippen LogP contribution is 2.25. The summed E-state index contributed by atoms with van der Waals surface area (Å²) in [5, 5.41) is 0. The second-order valence-electron chi connectivity index (χ2n) is 5.87. The Balaban J connectivity index is 1.86. The van der Waals surface area contributed by atoms with Crippen molar-refractivity contribution in [1.82, 2.24) is 14.3 Å². The van der Waals surface area contributed by atoms with E-state index < -0.39 is 0 Å². The number of aromatic nitrogens is 2. The van der Waals surface area contributed by atoms with Crippen molar-refractivity contribution in [1.29, 1.82) is 0 Å². The predicted molar refractivity (Wildman–Crippen MR) is 96.8 cm³/mol. The first-order valence-electron chi connectivity index (χ1n) is 7.69. The fourth-order valence-corrected chi connectivity index (χ4v) is 4.76. The first-order chi connectivity index (χ1) is 10.9. The number of carbonyl (C=O) groups is 1. The van der Waals surface area contributed by atoms with E-state index in [0.29, 0.717) is 6.54 Å². The maximum atomic E-state index is 12.7. The highest BCUT2D eigenvalue weighted by atomic mass is 32.1. The number of aryl methyl sites for hydroxylation is 4. The van der Waals surface area contributed by atoms with Gasteiger partial charge in [-0.3, -0.25) is 9.20 Å². The van der Waals surface area contributed by atoms with E-state index in [1.54, 1.807) is 27.6 Å². The van der Waals surface area contributed by atoms with E-state index in [-0.39, 0.29) is 5.91 Å². The lowest BCUT2D eigenvalue weighted by molar-refractivity contribution is 0.0787. The number of fused-ring (bicyclic) bond motifs is 1. The van der Waals surface area contributed by atoms with Crippen LogP contribution in [0.3, 0.4) is 0 Å². The van der Waals surface area contributed by atoms with Crippen LogP contribution in [0.15, 0.2) is 12.3 Å². The normalized spacial score (nSPS) is 11.3. The van der Waals surface area contributed by atoms with Gasteiger partial charge in [-0.2, -0.15) is 0 Å². The topological polar surface area (TPSA) is 37.6 Å². The zero-order valence-electron chi connectivity index (χ0n) is 14.1. The molecule has 3 heterocycles. The molecule has 23 heavy (non-hydrogen) atoms. The van der Waals surface area contributed by atoms with Crippen molar-refractivity contribution >= 4 is 33.5 Å². The molecular formula is C17H21N3OS2. The summed E-state index contributed by atoms with van der Waals surface area (Å²) < 4.78 is 2.11.